The first kappa shape index (κ1) is 13.3. The second kappa shape index (κ2) is 5.69. The first-order valence-corrected chi connectivity index (χ1v) is 6.78. The van der Waals surface area contributed by atoms with Gasteiger partial charge in [-0.2, -0.15) is 0 Å². The SMILES string of the molecule is CC(=O)NC(CNCC(C1CC1)C1CC1)C(=O)O. The van der Waals surface area contributed by atoms with Crippen LogP contribution < -0.4 is 10.6 Å². The summed E-state index contributed by atoms with van der Waals surface area (Å²) in [5.74, 6) is 1.15. The molecule has 0 spiro atoms. The number of amides is 1. The summed E-state index contributed by atoms with van der Waals surface area (Å²) in [5, 5.41) is 14.6. The van der Waals surface area contributed by atoms with Crippen LogP contribution in [-0.4, -0.2) is 36.1 Å². The number of carbonyl (C=O) groups is 2. The van der Waals surface area contributed by atoms with Crippen LogP contribution >= 0.6 is 0 Å². The number of carbonyl (C=O) groups excluding carboxylic acids is 1. The van der Waals surface area contributed by atoms with Gasteiger partial charge in [-0.15, -0.1) is 0 Å². The fourth-order valence-corrected chi connectivity index (χ4v) is 2.61. The van der Waals surface area contributed by atoms with Gasteiger partial charge in [-0.1, -0.05) is 0 Å². The third-order valence-electron chi connectivity index (χ3n) is 3.86. The molecular weight excluding hydrogens is 232 g/mol. The van der Waals surface area contributed by atoms with Crippen LogP contribution in [0.5, 0.6) is 0 Å². The van der Waals surface area contributed by atoms with Crippen molar-refractivity contribution in [1.82, 2.24) is 10.6 Å². The Morgan fingerprint density at radius 3 is 2.11 bits per heavy atom. The van der Waals surface area contributed by atoms with Crippen molar-refractivity contribution in [3.63, 3.8) is 0 Å². The molecule has 1 unspecified atom stereocenters. The van der Waals surface area contributed by atoms with Gasteiger partial charge in [0.2, 0.25) is 5.91 Å². The zero-order chi connectivity index (χ0) is 13.1. The Labute approximate surface area is 107 Å². The Hall–Kier alpha value is -1.10. The Morgan fingerprint density at radius 1 is 1.17 bits per heavy atom. The Kier molecular flexibility index (Phi) is 4.22. The van der Waals surface area contributed by atoms with E-state index < -0.39 is 12.0 Å². The normalized spacial score (nSPS) is 20.8. The average Bonchev–Trinajstić information content (AvgIpc) is 3.14. The molecule has 1 atom stereocenters. The number of nitrogens with one attached hydrogen (secondary N) is 2. The molecule has 0 saturated heterocycles. The van der Waals surface area contributed by atoms with Crippen LogP contribution in [0.15, 0.2) is 0 Å². The maximum atomic E-state index is 10.9. The van der Waals surface area contributed by atoms with Gasteiger partial charge in [-0.3, -0.25) is 4.79 Å². The van der Waals surface area contributed by atoms with E-state index >= 15 is 0 Å². The van der Waals surface area contributed by atoms with Crippen LogP contribution in [0.4, 0.5) is 0 Å². The largest absolute Gasteiger partial charge is 0.480 e. The standard InChI is InChI=1S/C13H22N2O3/c1-8(16)15-12(13(17)18)7-14-6-11(9-2-3-9)10-4-5-10/h9-12,14H,2-7H2,1H3,(H,15,16)(H,17,18). The molecule has 2 fully saturated rings. The maximum Gasteiger partial charge on any atom is 0.327 e. The summed E-state index contributed by atoms with van der Waals surface area (Å²) in [6.45, 7) is 2.54. The topological polar surface area (TPSA) is 78.4 Å². The molecule has 18 heavy (non-hydrogen) atoms. The minimum absolute atomic E-state index is 0.301. The highest BCUT2D eigenvalue weighted by atomic mass is 16.4. The number of rotatable bonds is 8. The van der Waals surface area contributed by atoms with Gasteiger partial charge in [0.1, 0.15) is 6.04 Å². The Balaban J connectivity index is 1.71. The predicted octanol–water partition coefficient (Wildman–Crippen LogP) is 0.601. The van der Waals surface area contributed by atoms with Crippen molar-refractivity contribution in [2.45, 2.75) is 38.6 Å². The van der Waals surface area contributed by atoms with Gasteiger partial charge in [-0.25, -0.2) is 4.79 Å². The second-order valence-electron chi connectivity index (χ2n) is 5.59. The summed E-state index contributed by atoms with van der Waals surface area (Å²) < 4.78 is 0. The van der Waals surface area contributed by atoms with Gasteiger partial charge in [0.05, 0.1) is 0 Å². The van der Waals surface area contributed by atoms with Crippen LogP contribution in [0.1, 0.15) is 32.6 Å². The zero-order valence-corrected chi connectivity index (χ0v) is 10.8. The highest BCUT2D eigenvalue weighted by Crippen LogP contribution is 2.48. The number of hydrogen-bond acceptors (Lipinski definition) is 3. The molecule has 3 N–H and O–H groups in total. The third-order valence-corrected chi connectivity index (χ3v) is 3.86. The zero-order valence-electron chi connectivity index (χ0n) is 10.8. The first-order chi connectivity index (χ1) is 8.58. The van der Waals surface area contributed by atoms with Gasteiger partial charge in [0.15, 0.2) is 0 Å². The fourth-order valence-electron chi connectivity index (χ4n) is 2.61. The Morgan fingerprint density at radius 2 is 1.72 bits per heavy atom. The molecule has 102 valence electrons. The molecule has 2 saturated carbocycles. The molecule has 0 bridgehead atoms. The van der Waals surface area contributed by atoms with E-state index in [1.165, 1.54) is 32.6 Å². The lowest BCUT2D eigenvalue weighted by Crippen LogP contribution is -2.47. The third kappa shape index (κ3) is 3.98. The summed E-state index contributed by atoms with van der Waals surface area (Å²) in [7, 11) is 0. The van der Waals surface area contributed by atoms with Gasteiger partial charge in [0, 0.05) is 13.5 Å². The van der Waals surface area contributed by atoms with E-state index in [2.05, 4.69) is 10.6 Å². The first-order valence-electron chi connectivity index (χ1n) is 6.78. The molecule has 5 nitrogen and oxygen atoms in total. The van der Waals surface area contributed by atoms with Crippen molar-refractivity contribution < 1.29 is 14.7 Å². The van der Waals surface area contributed by atoms with Gasteiger partial charge >= 0.3 is 5.97 Å². The molecule has 0 radical (unpaired) electrons. The lowest BCUT2D eigenvalue weighted by atomic mass is 9.98. The van der Waals surface area contributed by atoms with Crippen molar-refractivity contribution in [1.29, 1.82) is 0 Å². The highest BCUT2D eigenvalue weighted by molar-refractivity contribution is 5.82. The minimum Gasteiger partial charge on any atom is -0.480 e. The van der Waals surface area contributed by atoms with E-state index in [9.17, 15) is 9.59 Å². The van der Waals surface area contributed by atoms with Crippen molar-refractivity contribution in [3.05, 3.63) is 0 Å². The lowest BCUT2D eigenvalue weighted by molar-refractivity contribution is -0.141. The van der Waals surface area contributed by atoms with Crippen molar-refractivity contribution in [2.24, 2.45) is 17.8 Å². The molecule has 0 aromatic carbocycles. The number of carboxylic acid groups (broad SMARTS) is 1. The Bertz CT molecular complexity index is 312. The van der Waals surface area contributed by atoms with Crippen molar-refractivity contribution >= 4 is 11.9 Å². The van der Waals surface area contributed by atoms with Crippen LogP contribution in [0.2, 0.25) is 0 Å². The minimum atomic E-state index is -0.980. The van der Waals surface area contributed by atoms with E-state index in [0.717, 1.165) is 24.3 Å². The summed E-state index contributed by atoms with van der Waals surface area (Å²) in [5.41, 5.74) is 0. The molecule has 0 aromatic rings. The molecule has 5 heteroatoms. The summed E-state index contributed by atoms with van der Waals surface area (Å²) in [6, 6.07) is -0.818. The van der Waals surface area contributed by atoms with Crippen molar-refractivity contribution in [2.75, 3.05) is 13.1 Å². The molecule has 0 heterocycles. The highest BCUT2D eigenvalue weighted by Gasteiger charge is 2.40. The van der Waals surface area contributed by atoms with Gasteiger partial charge in [0.25, 0.3) is 0 Å². The molecule has 2 aliphatic carbocycles. The quantitative estimate of drug-likeness (QED) is 0.593. The second-order valence-corrected chi connectivity index (χ2v) is 5.59. The van der Waals surface area contributed by atoms with Crippen LogP contribution in [0.25, 0.3) is 0 Å². The summed E-state index contributed by atoms with van der Waals surface area (Å²) in [4.78, 5) is 21.8. The summed E-state index contributed by atoms with van der Waals surface area (Å²) >= 11 is 0. The van der Waals surface area contributed by atoms with Gasteiger partial charge < -0.3 is 15.7 Å². The lowest BCUT2D eigenvalue weighted by Gasteiger charge is -2.19. The molecule has 0 aromatic heterocycles. The molecule has 1 amide bonds. The number of carboxylic acids is 1. The van der Waals surface area contributed by atoms with E-state index in [1.807, 2.05) is 0 Å². The molecule has 0 aliphatic heterocycles. The van der Waals surface area contributed by atoms with E-state index in [0.29, 0.717) is 6.54 Å². The number of hydrogen-bond donors (Lipinski definition) is 3. The smallest absolute Gasteiger partial charge is 0.327 e. The van der Waals surface area contributed by atoms with E-state index in [1.54, 1.807) is 0 Å². The summed E-state index contributed by atoms with van der Waals surface area (Å²) in [6.07, 6.45) is 5.32. The fraction of sp³-hybridized carbons (Fsp3) is 0.846. The van der Waals surface area contributed by atoms with Gasteiger partial charge in [-0.05, 0) is 50.0 Å². The van der Waals surface area contributed by atoms with Crippen molar-refractivity contribution in [3.8, 4) is 0 Å². The molecular formula is C13H22N2O3. The monoisotopic (exact) mass is 254 g/mol. The van der Waals surface area contributed by atoms with Crippen LogP contribution in [-0.2, 0) is 9.59 Å². The molecule has 2 rings (SSSR count). The molecule has 2 aliphatic rings. The number of aliphatic carboxylic acids is 1. The maximum absolute atomic E-state index is 10.9. The van der Waals surface area contributed by atoms with E-state index in [-0.39, 0.29) is 5.91 Å². The van der Waals surface area contributed by atoms with Crippen LogP contribution in [0.3, 0.4) is 0 Å². The predicted molar refractivity (Wildman–Crippen MR) is 67.0 cm³/mol. The van der Waals surface area contributed by atoms with Crippen LogP contribution in [0, 0.1) is 17.8 Å². The average molecular weight is 254 g/mol. The van der Waals surface area contributed by atoms with E-state index in [4.69, 9.17) is 5.11 Å².